The first kappa shape index (κ1) is 13.7. The molecule has 19 heavy (non-hydrogen) atoms. The zero-order valence-electron chi connectivity index (χ0n) is 11.4. The van der Waals surface area contributed by atoms with Crippen molar-refractivity contribution in [3.8, 4) is 0 Å². The number of nitrogens with zero attached hydrogens (tertiary/aromatic N) is 1. The zero-order valence-corrected chi connectivity index (χ0v) is 11.4. The zero-order chi connectivity index (χ0) is 14.2. The van der Waals surface area contributed by atoms with E-state index in [9.17, 15) is 9.59 Å². The van der Waals surface area contributed by atoms with Crippen molar-refractivity contribution in [2.24, 2.45) is 0 Å². The molecule has 1 saturated heterocycles. The van der Waals surface area contributed by atoms with Crippen LogP contribution in [0.3, 0.4) is 0 Å². The smallest absolute Gasteiger partial charge is 0.493 e. The van der Waals surface area contributed by atoms with Crippen molar-refractivity contribution < 1.29 is 28.5 Å². The van der Waals surface area contributed by atoms with Gasteiger partial charge in [0.2, 0.25) is 5.91 Å². The van der Waals surface area contributed by atoms with Crippen LogP contribution in [0.2, 0.25) is 0 Å². The van der Waals surface area contributed by atoms with E-state index in [2.05, 4.69) is 0 Å². The monoisotopic (exact) mass is 271 g/mol. The maximum atomic E-state index is 11.7. The summed E-state index contributed by atoms with van der Waals surface area (Å²) in [5.41, 5.74) is -0.672. The van der Waals surface area contributed by atoms with E-state index in [1.54, 1.807) is 20.8 Å². The van der Waals surface area contributed by atoms with Gasteiger partial charge in [0, 0.05) is 0 Å². The molecule has 7 heteroatoms. The first-order valence-electron chi connectivity index (χ1n) is 5.93. The maximum absolute atomic E-state index is 11.7. The van der Waals surface area contributed by atoms with Gasteiger partial charge in [-0.2, -0.15) is 0 Å². The van der Waals surface area contributed by atoms with Crippen LogP contribution in [0.4, 0.5) is 4.79 Å². The number of carbonyl (C=O) groups is 2. The number of rotatable bonds is 2. The summed E-state index contributed by atoms with van der Waals surface area (Å²) in [7, 11) is 1.42. The third-order valence-corrected chi connectivity index (χ3v) is 2.59. The first-order chi connectivity index (χ1) is 8.81. The Morgan fingerprint density at radius 1 is 1.42 bits per heavy atom. The number of fused-ring (bicyclic) bond motifs is 1. The molecule has 0 aromatic carbocycles. The standard InChI is InChI=1S/C12H17NO6/c1-12(2,3)19-11(15)18-10-7(16-4)6-17-9-5-8(14)13(9)10/h9H,5-6H2,1-4H3. The van der Waals surface area contributed by atoms with Gasteiger partial charge in [0.1, 0.15) is 18.4 Å². The second-order valence-electron chi connectivity index (χ2n) is 5.23. The number of carbonyl (C=O) groups excluding carboxylic acids is 2. The van der Waals surface area contributed by atoms with Crippen LogP contribution in [0.15, 0.2) is 11.6 Å². The summed E-state index contributed by atoms with van der Waals surface area (Å²) in [5.74, 6) is 0.164. The molecular weight excluding hydrogens is 254 g/mol. The Morgan fingerprint density at radius 3 is 2.63 bits per heavy atom. The molecule has 0 bridgehead atoms. The lowest BCUT2D eigenvalue weighted by molar-refractivity contribution is -0.183. The fourth-order valence-electron chi connectivity index (χ4n) is 1.73. The van der Waals surface area contributed by atoms with Gasteiger partial charge in [0.05, 0.1) is 13.5 Å². The normalized spacial score (nSPS) is 22.6. The van der Waals surface area contributed by atoms with Crippen molar-refractivity contribution in [3.05, 3.63) is 11.6 Å². The van der Waals surface area contributed by atoms with Gasteiger partial charge in [0.25, 0.3) is 5.88 Å². The molecule has 0 N–H and O–H groups in total. The molecule has 0 radical (unpaired) electrons. The molecule has 2 aliphatic heterocycles. The molecule has 0 aromatic rings. The van der Waals surface area contributed by atoms with E-state index in [0.717, 1.165) is 0 Å². The number of amides is 1. The summed E-state index contributed by atoms with van der Waals surface area (Å²) in [6, 6.07) is 0. The van der Waals surface area contributed by atoms with Crippen molar-refractivity contribution in [2.75, 3.05) is 13.7 Å². The molecule has 2 rings (SSSR count). The van der Waals surface area contributed by atoms with Crippen molar-refractivity contribution in [1.82, 2.24) is 4.90 Å². The fourth-order valence-corrected chi connectivity index (χ4v) is 1.73. The topological polar surface area (TPSA) is 74.3 Å². The minimum Gasteiger partial charge on any atom is -0.493 e. The third-order valence-electron chi connectivity index (χ3n) is 2.59. The summed E-state index contributed by atoms with van der Waals surface area (Å²) >= 11 is 0. The molecule has 0 aromatic heterocycles. The summed E-state index contributed by atoms with van der Waals surface area (Å²) < 4.78 is 20.6. The largest absolute Gasteiger partial charge is 0.515 e. The Hall–Kier alpha value is -1.76. The van der Waals surface area contributed by atoms with Crippen LogP contribution in [0, 0.1) is 0 Å². The van der Waals surface area contributed by atoms with E-state index in [1.807, 2.05) is 0 Å². The predicted molar refractivity (Wildman–Crippen MR) is 62.6 cm³/mol. The first-order valence-corrected chi connectivity index (χ1v) is 5.93. The number of hydrogen-bond donors (Lipinski definition) is 0. The van der Waals surface area contributed by atoms with Gasteiger partial charge in [-0.15, -0.1) is 0 Å². The molecule has 2 heterocycles. The van der Waals surface area contributed by atoms with Gasteiger partial charge in [-0.1, -0.05) is 0 Å². The highest BCUT2D eigenvalue weighted by Crippen LogP contribution is 2.33. The van der Waals surface area contributed by atoms with E-state index in [0.29, 0.717) is 0 Å². The Bertz CT molecular complexity index is 436. The van der Waals surface area contributed by atoms with E-state index in [1.165, 1.54) is 12.0 Å². The summed E-state index contributed by atoms with van der Waals surface area (Å²) in [6.07, 6.45) is -0.987. The Balaban J connectivity index is 2.12. The van der Waals surface area contributed by atoms with E-state index in [-0.39, 0.29) is 36.8 Å². The van der Waals surface area contributed by atoms with Crippen LogP contribution in [-0.4, -0.2) is 42.5 Å². The van der Waals surface area contributed by atoms with Crippen LogP contribution >= 0.6 is 0 Å². The molecular formula is C12H17NO6. The molecule has 0 aliphatic carbocycles. The Morgan fingerprint density at radius 2 is 2.11 bits per heavy atom. The molecule has 1 unspecified atom stereocenters. The third kappa shape index (κ3) is 2.81. The molecule has 106 valence electrons. The van der Waals surface area contributed by atoms with Crippen LogP contribution < -0.4 is 0 Å². The van der Waals surface area contributed by atoms with E-state index < -0.39 is 11.8 Å². The van der Waals surface area contributed by atoms with Crippen LogP contribution in [-0.2, 0) is 23.7 Å². The van der Waals surface area contributed by atoms with Crippen LogP contribution in [0.25, 0.3) is 0 Å². The average molecular weight is 271 g/mol. The van der Waals surface area contributed by atoms with Crippen molar-refractivity contribution in [3.63, 3.8) is 0 Å². The highest BCUT2D eigenvalue weighted by molar-refractivity contribution is 5.85. The van der Waals surface area contributed by atoms with Crippen molar-refractivity contribution in [1.29, 1.82) is 0 Å². The van der Waals surface area contributed by atoms with Crippen LogP contribution in [0.5, 0.6) is 0 Å². The predicted octanol–water partition coefficient (Wildman–Crippen LogP) is 1.34. The molecule has 2 aliphatic rings. The average Bonchev–Trinajstić information content (AvgIpc) is 2.24. The quantitative estimate of drug-likeness (QED) is 0.557. The van der Waals surface area contributed by atoms with E-state index in [4.69, 9.17) is 18.9 Å². The summed E-state index contributed by atoms with van der Waals surface area (Å²) in [5, 5.41) is 0. The van der Waals surface area contributed by atoms with Crippen molar-refractivity contribution in [2.45, 2.75) is 39.0 Å². The molecule has 1 amide bonds. The lowest BCUT2D eigenvalue weighted by atomic mass is 10.1. The van der Waals surface area contributed by atoms with Gasteiger partial charge in [-0.05, 0) is 20.8 Å². The number of methoxy groups -OCH3 is 1. The summed E-state index contributed by atoms with van der Waals surface area (Å²) in [4.78, 5) is 24.4. The molecule has 0 saturated carbocycles. The molecule has 0 spiro atoms. The maximum Gasteiger partial charge on any atom is 0.515 e. The van der Waals surface area contributed by atoms with Gasteiger partial charge in [-0.3, -0.25) is 9.69 Å². The number of β-lactam (4-membered cyclic amide) rings is 1. The van der Waals surface area contributed by atoms with Gasteiger partial charge in [0.15, 0.2) is 5.76 Å². The van der Waals surface area contributed by atoms with Crippen LogP contribution in [0.1, 0.15) is 27.2 Å². The molecule has 1 fully saturated rings. The minimum absolute atomic E-state index is 0.0595. The second kappa shape index (κ2) is 4.73. The van der Waals surface area contributed by atoms with Gasteiger partial charge in [-0.25, -0.2) is 4.79 Å². The minimum atomic E-state index is -0.877. The van der Waals surface area contributed by atoms with Gasteiger partial charge >= 0.3 is 6.16 Å². The SMILES string of the molecule is COC1=C(OC(=O)OC(C)(C)C)N2C(=O)CC2OC1. The Labute approximate surface area is 111 Å². The lowest BCUT2D eigenvalue weighted by Gasteiger charge is -2.43. The summed E-state index contributed by atoms with van der Waals surface area (Å²) in [6.45, 7) is 5.33. The molecule has 1 atom stereocenters. The second-order valence-corrected chi connectivity index (χ2v) is 5.23. The fraction of sp³-hybridized carbons (Fsp3) is 0.667. The number of ether oxygens (including phenoxy) is 4. The van der Waals surface area contributed by atoms with Crippen molar-refractivity contribution >= 4 is 12.1 Å². The molecule has 7 nitrogen and oxygen atoms in total. The Kier molecular flexibility index (Phi) is 3.40. The lowest BCUT2D eigenvalue weighted by Crippen LogP contribution is -2.56. The highest BCUT2D eigenvalue weighted by Gasteiger charge is 2.46. The number of hydrogen-bond acceptors (Lipinski definition) is 6. The highest BCUT2D eigenvalue weighted by atomic mass is 16.7. The van der Waals surface area contributed by atoms with E-state index >= 15 is 0 Å². The van der Waals surface area contributed by atoms with Gasteiger partial charge < -0.3 is 18.9 Å².